The SMILES string of the molecule is C=CCN1C(=O)/C(=C/C=C\c2ccc(N(CC)CC)cc2)C(=O)NC1=S. The minimum atomic E-state index is -0.484. The number of anilines is 1. The highest BCUT2D eigenvalue weighted by molar-refractivity contribution is 7.80. The van der Waals surface area contributed by atoms with Crippen LogP contribution in [0.15, 0.2) is 54.6 Å². The van der Waals surface area contributed by atoms with Gasteiger partial charge in [0.2, 0.25) is 0 Å². The fraction of sp³-hybridized carbons (Fsp3) is 0.250. The number of rotatable bonds is 7. The topological polar surface area (TPSA) is 52.7 Å². The summed E-state index contributed by atoms with van der Waals surface area (Å²) >= 11 is 5.02. The number of allylic oxidation sites excluding steroid dienone is 2. The van der Waals surface area contributed by atoms with Gasteiger partial charge in [0.1, 0.15) is 5.57 Å². The van der Waals surface area contributed by atoms with Crippen LogP contribution >= 0.6 is 12.2 Å². The molecule has 1 heterocycles. The molecular formula is C20H23N3O2S. The molecule has 0 saturated carbocycles. The zero-order valence-electron chi connectivity index (χ0n) is 15.1. The Morgan fingerprint density at radius 1 is 1.19 bits per heavy atom. The lowest BCUT2D eigenvalue weighted by Gasteiger charge is -2.27. The van der Waals surface area contributed by atoms with E-state index in [0.717, 1.165) is 18.7 Å². The quantitative estimate of drug-likeness (QED) is 0.348. The molecule has 1 aliphatic heterocycles. The fourth-order valence-electron chi connectivity index (χ4n) is 2.65. The van der Waals surface area contributed by atoms with Crippen LogP contribution in [0.5, 0.6) is 0 Å². The number of hydrogen-bond acceptors (Lipinski definition) is 4. The maximum atomic E-state index is 12.4. The monoisotopic (exact) mass is 369 g/mol. The van der Waals surface area contributed by atoms with Gasteiger partial charge in [-0.05, 0) is 49.8 Å². The lowest BCUT2D eigenvalue weighted by molar-refractivity contribution is -0.128. The lowest BCUT2D eigenvalue weighted by Crippen LogP contribution is -2.53. The van der Waals surface area contributed by atoms with Gasteiger partial charge in [-0.1, -0.05) is 30.4 Å². The van der Waals surface area contributed by atoms with E-state index in [2.05, 4.69) is 42.8 Å². The average Bonchev–Trinajstić information content (AvgIpc) is 2.63. The Kier molecular flexibility index (Phi) is 6.86. The second-order valence-electron chi connectivity index (χ2n) is 5.67. The average molecular weight is 369 g/mol. The van der Waals surface area contributed by atoms with Gasteiger partial charge in [0.15, 0.2) is 5.11 Å². The molecule has 2 rings (SSSR count). The van der Waals surface area contributed by atoms with Crippen molar-refractivity contribution in [1.82, 2.24) is 10.2 Å². The highest BCUT2D eigenvalue weighted by atomic mass is 32.1. The van der Waals surface area contributed by atoms with Gasteiger partial charge in [-0.2, -0.15) is 0 Å². The third-order valence-corrected chi connectivity index (χ3v) is 4.39. The van der Waals surface area contributed by atoms with Gasteiger partial charge in [-0.15, -0.1) is 6.58 Å². The Hall–Kier alpha value is -2.73. The van der Waals surface area contributed by atoms with Crippen LogP contribution in [0.25, 0.3) is 6.08 Å². The van der Waals surface area contributed by atoms with E-state index in [9.17, 15) is 9.59 Å². The standard InChI is InChI=1S/C20H23N3O2S/c1-4-14-23-19(25)17(18(24)21-20(23)26)9-7-8-15-10-12-16(13-11-15)22(5-2)6-3/h4,7-13H,1,5-6,14H2,2-3H3,(H,21,24,26)/b8-7-,17-9+. The van der Waals surface area contributed by atoms with Crippen molar-refractivity contribution >= 4 is 40.9 Å². The molecule has 6 heteroatoms. The van der Waals surface area contributed by atoms with E-state index < -0.39 is 11.8 Å². The summed E-state index contributed by atoms with van der Waals surface area (Å²) in [6.45, 7) is 10.0. The molecule has 1 aromatic carbocycles. The number of carbonyl (C=O) groups is 2. The molecule has 0 spiro atoms. The summed E-state index contributed by atoms with van der Waals surface area (Å²) in [6, 6.07) is 8.13. The Balaban J connectivity index is 2.14. The highest BCUT2D eigenvalue weighted by Gasteiger charge is 2.31. The van der Waals surface area contributed by atoms with Gasteiger partial charge in [-0.25, -0.2) is 0 Å². The molecule has 0 unspecified atom stereocenters. The minimum Gasteiger partial charge on any atom is -0.372 e. The van der Waals surface area contributed by atoms with Crippen molar-refractivity contribution < 1.29 is 9.59 Å². The first kappa shape index (κ1) is 19.6. The highest BCUT2D eigenvalue weighted by Crippen LogP contribution is 2.16. The van der Waals surface area contributed by atoms with E-state index in [1.165, 1.54) is 16.7 Å². The number of nitrogens with one attached hydrogen (secondary N) is 1. The molecule has 0 bridgehead atoms. The summed E-state index contributed by atoms with van der Waals surface area (Å²) in [5.74, 6) is -0.901. The van der Waals surface area contributed by atoms with Crippen molar-refractivity contribution in [1.29, 1.82) is 0 Å². The normalized spacial score (nSPS) is 16.3. The Morgan fingerprint density at radius 2 is 1.85 bits per heavy atom. The molecule has 0 atom stereocenters. The van der Waals surface area contributed by atoms with Gasteiger partial charge in [0, 0.05) is 25.3 Å². The van der Waals surface area contributed by atoms with Crippen molar-refractivity contribution in [3.8, 4) is 0 Å². The first-order chi connectivity index (χ1) is 12.5. The summed E-state index contributed by atoms with van der Waals surface area (Å²) in [7, 11) is 0. The van der Waals surface area contributed by atoms with E-state index in [1.54, 1.807) is 12.2 Å². The molecule has 1 aromatic rings. The molecule has 0 aliphatic carbocycles. The summed E-state index contributed by atoms with van der Waals surface area (Å²) in [5, 5.41) is 2.62. The molecule has 0 radical (unpaired) electrons. The second-order valence-corrected chi connectivity index (χ2v) is 6.05. The molecule has 2 amide bonds. The predicted molar refractivity (Wildman–Crippen MR) is 110 cm³/mol. The zero-order chi connectivity index (χ0) is 19.1. The Labute approximate surface area is 159 Å². The summed E-state index contributed by atoms with van der Waals surface area (Å²) < 4.78 is 0. The molecule has 1 N–H and O–H groups in total. The van der Waals surface area contributed by atoms with E-state index >= 15 is 0 Å². The smallest absolute Gasteiger partial charge is 0.265 e. The molecule has 26 heavy (non-hydrogen) atoms. The molecule has 1 aliphatic rings. The van der Waals surface area contributed by atoms with E-state index in [0.29, 0.717) is 0 Å². The van der Waals surface area contributed by atoms with Crippen molar-refractivity contribution in [3.63, 3.8) is 0 Å². The minimum absolute atomic E-state index is 0.0523. The molecule has 136 valence electrons. The number of thiocarbonyl (C=S) groups is 1. The van der Waals surface area contributed by atoms with Gasteiger partial charge < -0.3 is 4.90 Å². The number of hydrogen-bond donors (Lipinski definition) is 1. The van der Waals surface area contributed by atoms with Gasteiger partial charge in [0.05, 0.1) is 0 Å². The number of carbonyl (C=O) groups excluding carboxylic acids is 2. The van der Waals surface area contributed by atoms with E-state index in [4.69, 9.17) is 12.2 Å². The third kappa shape index (κ3) is 4.46. The fourth-order valence-corrected chi connectivity index (χ4v) is 2.90. The van der Waals surface area contributed by atoms with Crippen molar-refractivity contribution in [2.45, 2.75) is 13.8 Å². The second kappa shape index (κ2) is 9.10. The largest absolute Gasteiger partial charge is 0.372 e. The maximum absolute atomic E-state index is 12.4. The van der Waals surface area contributed by atoms with Crippen LogP contribution in [0.1, 0.15) is 19.4 Å². The van der Waals surface area contributed by atoms with Crippen LogP contribution in [0.2, 0.25) is 0 Å². The molecule has 1 saturated heterocycles. The first-order valence-corrected chi connectivity index (χ1v) is 8.94. The first-order valence-electron chi connectivity index (χ1n) is 8.53. The summed E-state index contributed by atoms with van der Waals surface area (Å²) in [4.78, 5) is 28.0. The van der Waals surface area contributed by atoms with Crippen molar-refractivity contribution in [2.24, 2.45) is 0 Å². The number of amides is 2. The zero-order valence-corrected chi connectivity index (χ0v) is 15.9. The van der Waals surface area contributed by atoms with Crippen LogP contribution in [0.4, 0.5) is 5.69 Å². The van der Waals surface area contributed by atoms with Crippen molar-refractivity contribution in [3.05, 3.63) is 60.2 Å². The van der Waals surface area contributed by atoms with Gasteiger partial charge in [0.25, 0.3) is 11.8 Å². The Bertz CT molecular complexity index is 762. The Morgan fingerprint density at radius 3 is 2.42 bits per heavy atom. The summed E-state index contributed by atoms with van der Waals surface area (Å²) in [5.41, 5.74) is 2.21. The summed E-state index contributed by atoms with van der Waals surface area (Å²) in [6.07, 6.45) is 6.62. The predicted octanol–water partition coefficient (Wildman–Crippen LogP) is 2.90. The number of benzene rings is 1. The van der Waals surface area contributed by atoms with Crippen LogP contribution in [0, 0.1) is 0 Å². The van der Waals surface area contributed by atoms with Crippen LogP contribution in [0.3, 0.4) is 0 Å². The molecular weight excluding hydrogens is 346 g/mol. The molecule has 5 nitrogen and oxygen atoms in total. The maximum Gasteiger partial charge on any atom is 0.265 e. The van der Waals surface area contributed by atoms with E-state index in [-0.39, 0.29) is 17.2 Å². The lowest BCUT2D eigenvalue weighted by atomic mass is 10.1. The van der Waals surface area contributed by atoms with Crippen LogP contribution in [-0.2, 0) is 9.59 Å². The number of nitrogens with zero attached hydrogens (tertiary/aromatic N) is 2. The van der Waals surface area contributed by atoms with Gasteiger partial charge >= 0.3 is 0 Å². The molecule has 1 fully saturated rings. The van der Waals surface area contributed by atoms with E-state index in [1.807, 2.05) is 18.2 Å². The van der Waals surface area contributed by atoms with Crippen LogP contribution < -0.4 is 10.2 Å². The van der Waals surface area contributed by atoms with Crippen LogP contribution in [-0.4, -0.2) is 41.5 Å². The molecule has 0 aromatic heterocycles. The van der Waals surface area contributed by atoms with Crippen molar-refractivity contribution in [2.75, 3.05) is 24.5 Å². The third-order valence-electron chi connectivity index (χ3n) is 4.07. The van der Waals surface area contributed by atoms with Gasteiger partial charge in [-0.3, -0.25) is 19.8 Å².